The summed E-state index contributed by atoms with van der Waals surface area (Å²) in [4.78, 5) is 39.0. The molecule has 2 aliphatic rings. The number of hydrogen-bond acceptors (Lipinski definition) is 7. The zero-order valence-corrected chi connectivity index (χ0v) is 16.9. The van der Waals surface area contributed by atoms with Gasteiger partial charge in [-0.2, -0.15) is 5.26 Å². The summed E-state index contributed by atoms with van der Waals surface area (Å²) < 4.78 is 10.6. The summed E-state index contributed by atoms with van der Waals surface area (Å²) in [6.07, 6.45) is 0. The predicted octanol–water partition coefficient (Wildman–Crippen LogP) is 1.70. The number of methoxy groups -OCH3 is 2. The third-order valence-electron chi connectivity index (χ3n) is 4.69. The first-order chi connectivity index (χ1) is 13.3. The van der Waals surface area contributed by atoms with E-state index in [2.05, 4.69) is 27.3 Å². The summed E-state index contributed by atoms with van der Waals surface area (Å²) in [5.74, 6) is -2.73. The van der Waals surface area contributed by atoms with E-state index in [-0.39, 0.29) is 22.7 Å². The molecule has 2 heterocycles. The molecule has 0 bridgehead atoms. The molecule has 28 heavy (non-hydrogen) atoms. The van der Waals surface area contributed by atoms with Crippen LogP contribution in [0.15, 0.2) is 51.4 Å². The number of nitriles is 1. The largest absolute Gasteiger partial charge is 0.466 e. The number of carbonyl (C=O) groups excluding carboxylic acids is 3. The first kappa shape index (κ1) is 19.6. The van der Waals surface area contributed by atoms with Crippen LogP contribution in [-0.2, 0) is 23.9 Å². The van der Waals surface area contributed by atoms with Gasteiger partial charge in [0.25, 0.3) is 0 Å². The topological polar surface area (TPSA) is 109 Å². The summed E-state index contributed by atoms with van der Waals surface area (Å²) in [5.41, 5.74) is 0.540. The van der Waals surface area contributed by atoms with Crippen LogP contribution in [0.3, 0.4) is 0 Å². The number of allylic oxidation sites excluding steroid dienone is 1. The van der Waals surface area contributed by atoms with Gasteiger partial charge >= 0.3 is 11.9 Å². The lowest BCUT2D eigenvalue weighted by Crippen LogP contribution is -2.39. The Morgan fingerprint density at radius 1 is 1.18 bits per heavy atom. The van der Waals surface area contributed by atoms with Crippen molar-refractivity contribution in [2.75, 3.05) is 14.2 Å². The molecule has 144 valence electrons. The molecule has 2 atom stereocenters. The zero-order valence-electron chi connectivity index (χ0n) is 15.3. The van der Waals surface area contributed by atoms with Crippen molar-refractivity contribution in [3.63, 3.8) is 0 Å². The predicted molar refractivity (Wildman–Crippen MR) is 100 cm³/mol. The van der Waals surface area contributed by atoms with Crippen molar-refractivity contribution in [1.82, 2.24) is 10.2 Å². The normalized spacial score (nSPS) is 21.1. The molecule has 1 aromatic carbocycles. The number of hydrogen-bond donors (Lipinski definition) is 1. The highest BCUT2D eigenvalue weighted by molar-refractivity contribution is 9.10. The van der Waals surface area contributed by atoms with E-state index in [0.717, 1.165) is 4.47 Å². The number of nitrogens with one attached hydrogen (secondary N) is 1. The van der Waals surface area contributed by atoms with E-state index < -0.39 is 29.8 Å². The fraction of sp³-hybridized carbons (Fsp3) is 0.263. The van der Waals surface area contributed by atoms with Gasteiger partial charge < -0.3 is 19.7 Å². The smallest absolute Gasteiger partial charge is 0.355 e. The van der Waals surface area contributed by atoms with Crippen molar-refractivity contribution >= 4 is 33.8 Å². The summed E-state index contributed by atoms with van der Waals surface area (Å²) in [6.45, 7) is 1.56. The number of nitrogens with zero attached hydrogens (tertiary/aromatic N) is 2. The quantitative estimate of drug-likeness (QED) is 0.705. The minimum atomic E-state index is -0.906. The van der Waals surface area contributed by atoms with Crippen LogP contribution in [0.2, 0.25) is 0 Å². The van der Waals surface area contributed by atoms with Crippen LogP contribution in [0, 0.1) is 11.3 Å². The van der Waals surface area contributed by atoms with Crippen molar-refractivity contribution < 1.29 is 23.9 Å². The molecule has 0 saturated carbocycles. The molecule has 0 radical (unpaired) electrons. The Kier molecular flexibility index (Phi) is 5.25. The highest BCUT2D eigenvalue weighted by atomic mass is 79.9. The molecule has 0 aromatic heterocycles. The molecule has 8 nitrogen and oxygen atoms in total. The third kappa shape index (κ3) is 2.96. The van der Waals surface area contributed by atoms with E-state index in [1.807, 2.05) is 0 Å². The second-order valence-corrected chi connectivity index (χ2v) is 7.05. The van der Waals surface area contributed by atoms with Gasteiger partial charge in [-0.3, -0.25) is 4.79 Å². The lowest BCUT2D eigenvalue weighted by atomic mass is 9.81. The first-order valence-electron chi connectivity index (χ1n) is 8.26. The van der Waals surface area contributed by atoms with E-state index >= 15 is 0 Å². The lowest BCUT2D eigenvalue weighted by molar-refractivity contribution is -0.141. The third-order valence-corrected chi connectivity index (χ3v) is 5.21. The summed E-state index contributed by atoms with van der Waals surface area (Å²) in [5, 5.41) is 12.5. The van der Waals surface area contributed by atoms with Crippen LogP contribution in [0.1, 0.15) is 18.4 Å². The average Bonchev–Trinajstić information content (AvgIpc) is 3.00. The van der Waals surface area contributed by atoms with Gasteiger partial charge in [0.05, 0.1) is 37.4 Å². The fourth-order valence-corrected chi connectivity index (χ4v) is 3.64. The Bertz CT molecular complexity index is 974. The van der Waals surface area contributed by atoms with Gasteiger partial charge in [-0.25, -0.2) is 9.59 Å². The number of amides is 1. The Morgan fingerprint density at radius 3 is 2.32 bits per heavy atom. The van der Waals surface area contributed by atoms with E-state index in [0.29, 0.717) is 5.56 Å². The molecule has 9 heteroatoms. The van der Waals surface area contributed by atoms with Crippen LogP contribution in [0.25, 0.3) is 0 Å². The van der Waals surface area contributed by atoms with Crippen molar-refractivity contribution in [2.24, 2.45) is 0 Å². The molecule has 0 aliphatic carbocycles. The van der Waals surface area contributed by atoms with Crippen molar-refractivity contribution in [3.05, 3.63) is 57.0 Å². The van der Waals surface area contributed by atoms with Gasteiger partial charge in [0, 0.05) is 4.47 Å². The second kappa shape index (κ2) is 7.48. The molecule has 1 amide bonds. The summed E-state index contributed by atoms with van der Waals surface area (Å²) >= 11 is 3.35. The maximum absolute atomic E-state index is 12.7. The molecule has 1 aromatic rings. The fourth-order valence-electron chi connectivity index (χ4n) is 3.38. The molecule has 0 spiro atoms. The molecular weight excluding hydrogens is 430 g/mol. The van der Waals surface area contributed by atoms with Gasteiger partial charge in [0.2, 0.25) is 5.91 Å². The molecule has 1 fully saturated rings. The maximum atomic E-state index is 12.7. The number of fused-ring (bicyclic) bond motifs is 1. The van der Waals surface area contributed by atoms with E-state index in [1.165, 1.54) is 19.1 Å². The van der Waals surface area contributed by atoms with Gasteiger partial charge in [-0.05, 0) is 24.6 Å². The molecule has 1 saturated heterocycles. The summed E-state index contributed by atoms with van der Waals surface area (Å²) in [6, 6.07) is 8.23. The standard InChI is InChI=1S/C19H16BrN3O5/c1-9-17(24)22-16-12(8-21)13(10-4-6-11(20)7-5-10)14(18(25)27-2)15(23(9)16)19(26)28-3/h4-7,9,13H,1-3H3,(H,22,24). The minimum Gasteiger partial charge on any atom is -0.466 e. The number of ether oxygens (including phenoxy) is 2. The van der Waals surface area contributed by atoms with Crippen molar-refractivity contribution in [2.45, 2.75) is 18.9 Å². The summed E-state index contributed by atoms with van der Waals surface area (Å²) in [7, 11) is 2.36. The van der Waals surface area contributed by atoms with Gasteiger partial charge in [0.1, 0.15) is 17.6 Å². The van der Waals surface area contributed by atoms with Crippen molar-refractivity contribution in [3.8, 4) is 6.07 Å². The number of halogens is 1. The van der Waals surface area contributed by atoms with Gasteiger partial charge in [-0.1, -0.05) is 28.1 Å². The average molecular weight is 446 g/mol. The minimum absolute atomic E-state index is 0.0553. The molecular formula is C19H16BrN3O5. The molecule has 1 N–H and O–H groups in total. The highest BCUT2D eigenvalue weighted by Crippen LogP contribution is 2.44. The van der Waals surface area contributed by atoms with Gasteiger partial charge in [-0.15, -0.1) is 0 Å². The van der Waals surface area contributed by atoms with Crippen LogP contribution in [0.4, 0.5) is 0 Å². The van der Waals surface area contributed by atoms with E-state index in [1.54, 1.807) is 31.2 Å². The van der Waals surface area contributed by atoms with Crippen LogP contribution in [-0.4, -0.2) is 43.0 Å². The zero-order chi connectivity index (χ0) is 20.6. The Morgan fingerprint density at radius 2 is 1.79 bits per heavy atom. The SMILES string of the molecule is COC(=O)C1=C(C(=O)OC)N2C(=C(C#N)C1c1ccc(Br)cc1)NC(=O)C2C. The Balaban J connectivity index is 2.38. The maximum Gasteiger partial charge on any atom is 0.355 e. The number of carbonyl (C=O) groups is 3. The first-order valence-corrected chi connectivity index (χ1v) is 9.05. The molecule has 2 aliphatic heterocycles. The number of benzene rings is 1. The monoisotopic (exact) mass is 445 g/mol. The number of esters is 2. The lowest BCUT2D eigenvalue weighted by Gasteiger charge is -2.34. The number of rotatable bonds is 3. The van der Waals surface area contributed by atoms with E-state index in [4.69, 9.17) is 9.47 Å². The molecule has 3 rings (SSSR count). The van der Waals surface area contributed by atoms with Crippen LogP contribution in [0.5, 0.6) is 0 Å². The van der Waals surface area contributed by atoms with Crippen molar-refractivity contribution in [1.29, 1.82) is 5.26 Å². The highest BCUT2D eigenvalue weighted by Gasteiger charge is 2.49. The molecule has 2 unspecified atom stereocenters. The van der Waals surface area contributed by atoms with Gasteiger partial charge in [0.15, 0.2) is 0 Å². The second-order valence-electron chi connectivity index (χ2n) is 6.14. The Hall–Kier alpha value is -3.12. The Labute approximate surface area is 169 Å². The van der Waals surface area contributed by atoms with Crippen LogP contribution >= 0.6 is 15.9 Å². The van der Waals surface area contributed by atoms with Crippen LogP contribution < -0.4 is 5.32 Å². The van der Waals surface area contributed by atoms with E-state index in [9.17, 15) is 19.6 Å².